The second-order valence-electron chi connectivity index (χ2n) is 6.50. The van der Waals surface area contributed by atoms with Gasteiger partial charge in [0, 0.05) is 24.9 Å². The van der Waals surface area contributed by atoms with Crippen LogP contribution in [0.1, 0.15) is 33.6 Å². The summed E-state index contributed by atoms with van der Waals surface area (Å²) < 4.78 is 15.5. The van der Waals surface area contributed by atoms with Crippen LogP contribution in [-0.4, -0.2) is 43.6 Å². The fraction of sp³-hybridized carbons (Fsp3) is 0.800. The van der Waals surface area contributed by atoms with Crippen molar-refractivity contribution in [3.8, 4) is 0 Å². The van der Waals surface area contributed by atoms with E-state index in [2.05, 4.69) is 0 Å². The largest absolute Gasteiger partial charge is 0.462 e. The number of carbonyl (C=O) groups is 3. The molecule has 2 aliphatic rings. The predicted molar refractivity (Wildman–Crippen MR) is 72.3 cm³/mol. The molecule has 6 heteroatoms. The topological polar surface area (TPSA) is 78.9 Å². The lowest BCUT2D eigenvalue weighted by Gasteiger charge is -2.26. The molecule has 4 atom stereocenters. The molecule has 21 heavy (non-hydrogen) atoms. The maximum absolute atomic E-state index is 12.4. The average Bonchev–Trinajstić information content (AvgIpc) is 2.93. The van der Waals surface area contributed by atoms with Crippen molar-refractivity contribution >= 4 is 17.7 Å². The number of ether oxygens (including phenoxy) is 3. The lowest BCUT2D eigenvalue weighted by Crippen LogP contribution is -2.40. The van der Waals surface area contributed by atoms with E-state index >= 15 is 0 Å². The van der Waals surface area contributed by atoms with Crippen LogP contribution < -0.4 is 0 Å². The Morgan fingerprint density at radius 2 is 2.05 bits per heavy atom. The minimum Gasteiger partial charge on any atom is -0.462 e. The Balaban J connectivity index is 2.11. The number of methoxy groups -OCH3 is 1. The Hall–Kier alpha value is -1.43. The number of esters is 2. The number of Topliss-reactive ketones (excluding diaryl/α,β-unsaturated/α-hetero) is 1. The van der Waals surface area contributed by atoms with Crippen LogP contribution in [0, 0.1) is 17.3 Å². The minimum atomic E-state index is -0.947. The summed E-state index contributed by atoms with van der Waals surface area (Å²) in [4.78, 5) is 36.0. The molecule has 0 spiro atoms. The van der Waals surface area contributed by atoms with Crippen molar-refractivity contribution in [2.75, 3.05) is 13.7 Å². The third kappa shape index (κ3) is 2.95. The normalized spacial score (nSPS) is 32.9. The van der Waals surface area contributed by atoms with Crippen LogP contribution >= 0.6 is 0 Å². The van der Waals surface area contributed by atoms with Crippen LogP contribution in [0.2, 0.25) is 0 Å². The summed E-state index contributed by atoms with van der Waals surface area (Å²) in [5.74, 6) is -2.36. The Labute approximate surface area is 124 Å². The molecule has 1 aliphatic carbocycles. The van der Waals surface area contributed by atoms with Gasteiger partial charge in [0.15, 0.2) is 0 Å². The molecule has 1 aliphatic heterocycles. The van der Waals surface area contributed by atoms with E-state index in [1.54, 1.807) is 21.0 Å². The molecule has 0 aromatic rings. The van der Waals surface area contributed by atoms with E-state index in [0.717, 1.165) is 0 Å². The summed E-state index contributed by atoms with van der Waals surface area (Å²) in [5, 5.41) is 0. The van der Waals surface area contributed by atoms with Crippen LogP contribution in [-0.2, 0) is 28.6 Å². The van der Waals surface area contributed by atoms with Crippen molar-refractivity contribution in [3.05, 3.63) is 0 Å². The second-order valence-corrected chi connectivity index (χ2v) is 6.50. The van der Waals surface area contributed by atoms with Crippen LogP contribution in [0.3, 0.4) is 0 Å². The van der Waals surface area contributed by atoms with Crippen molar-refractivity contribution in [2.24, 2.45) is 17.3 Å². The van der Waals surface area contributed by atoms with Gasteiger partial charge in [-0.05, 0) is 13.3 Å². The summed E-state index contributed by atoms with van der Waals surface area (Å²) in [6, 6.07) is 0. The molecule has 6 nitrogen and oxygen atoms in total. The number of ketones is 1. The summed E-state index contributed by atoms with van der Waals surface area (Å²) in [6.45, 7) is 5.63. The molecule has 0 radical (unpaired) electrons. The van der Waals surface area contributed by atoms with Gasteiger partial charge in [-0.15, -0.1) is 0 Å². The van der Waals surface area contributed by atoms with Gasteiger partial charge < -0.3 is 14.2 Å². The van der Waals surface area contributed by atoms with E-state index in [-0.39, 0.29) is 24.4 Å². The van der Waals surface area contributed by atoms with E-state index in [1.165, 1.54) is 0 Å². The van der Waals surface area contributed by atoms with E-state index in [0.29, 0.717) is 12.8 Å². The fourth-order valence-corrected chi connectivity index (χ4v) is 2.98. The lowest BCUT2D eigenvalue weighted by molar-refractivity contribution is -0.169. The molecular weight excluding hydrogens is 276 g/mol. The molecule has 1 saturated heterocycles. The summed E-state index contributed by atoms with van der Waals surface area (Å²) >= 11 is 0. The van der Waals surface area contributed by atoms with Gasteiger partial charge in [0.2, 0.25) is 6.10 Å². The number of hydrogen-bond acceptors (Lipinski definition) is 6. The van der Waals surface area contributed by atoms with Crippen molar-refractivity contribution in [1.82, 2.24) is 0 Å². The molecule has 118 valence electrons. The Kier molecular flexibility index (Phi) is 4.37. The van der Waals surface area contributed by atoms with Crippen LogP contribution in [0.15, 0.2) is 0 Å². The first-order valence-corrected chi connectivity index (χ1v) is 7.20. The monoisotopic (exact) mass is 298 g/mol. The van der Waals surface area contributed by atoms with E-state index in [4.69, 9.17) is 14.2 Å². The van der Waals surface area contributed by atoms with Gasteiger partial charge >= 0.3 is 11.9 Å². The highest BCUT2D eigenvalue weighted by Crippen LogP contribution is 2.36. The SMILES string of the molecule is CO[C@@H](C)[C@@H]1CCC(=O)[C@H]1C(=O)O[C@H]1C(=O)OCC1(C)C. The van der Waals surface area contributed by atoms with E-state index < -0.39 is 29.4 Å². The van der Waals surface area contributed by atoms with E-state index in [9.17, 15) is 14.4 Å². The number of carbonyl (C=O) groups excluding carboxylic acids is 3. The Bertz CT molecular complexity index is 455. The van der Waals surface area contributed by atoms with Gasteiger partial charge in [-0.1, -0.05) is 13.8 Å². The third-order valence-corrected chi connectivity index (χ3v) is 4.47. The summed E-state index contributed by atoms with van der Waals surface area (Å²) in [6.07, 6.45) is -0.211. The zero-order valence-corrected chi connectivity index (χ0v) is 12.9. The zero-order valence-electron chi connectivity index (χ0n) is 12.9. The fourth-order valence-electron chi connectivity index (χ4n) is 2.98. The highest BCUT2D eigenvalue weighted by atomic mass is 16.6. The van der Waals surface area contributed by atoms with Gasteiger partial charge in [-0.25, -0.2) is 4.79 Å². The molecule has 0 amide bonds. The van der Waals surface area contributed by atoms with Crippen LogP contribution in [0.4, 0.5) is 0 Å². The number of rotatable bonds is 4. The van der Waals surface area contributed by atoms with Crippen LogP contribution in [0.25, 0.3) is 0 Å². The molecule has 0 aromatic carbocycles. The van der Waals surface area contributed by atoms with Crippen molar-refractivity contribution in [3.63, 3.8) is 0 Å². The summed E-state index contributed by atoms with van der Waals surface area (Å²) in [7, 11) is 1.55. The van der Waals surface area contributed by atoms with Gasteiger partial charge in [0.05, 0.1) is 6.10 Å². The van der Waals surface area contributed by atoms with Crippen LogP contribution in [0.5, 0.6) is 0 Å². The number of cyclic esters (lactones) is 1. The van der Waals surface area contributed by atoms with Crippen molar-refractivity contribution in [2.45, 2.75) is 45.8 Å². The van der Waals surface area contributed by atoms with Gasteiger partial charge in [-0.2, -0.15) is 0 Å². The van der Waals surface area contributed by atoms with Gasteiger partial charge in [0.25, 0.3) is 0 Å². The molecule has 1 heterocycles. The minimum absolute atomic E-state index is 0.141. The van der Waals surface area contributed by atoms with Gasteiger partial charge in [0.1, 0.15) is 18.3 Å². The molecule has 2 fully saturated rings. The molecule has 2 rings (SSSR count). The third-order valence-electron chi connectivity index (χ3n) is 4.47. The first-order chi connectivity index (χ1) is 9.77. The second kappa shape index (κ2) is 5.75. The standard InChI is InChI=1S/C15H22O6/c1-8(19-4)9-5-6-10(16)11(9)13(17)21-12-14(18)20-7-15(12,2)3/h8-9,11-12H,5-7H2,1-4H3/t8-,9-,11-,12-/m0/s1. The number of hydrogen-bond donors (Lipinski definition) is 0. The predicted octanol–water partition coefficient (Wildman–Crippen LogP) is 1.11. The van der Waals surface area contributed by atoms with E-state index in [1.807, 2.05) is 6.92 Å². The molecule has 0 N–H and O–H groups in total. The Morgan fingerprint density at radius 1 is 1.38 bits per heavy atom. The Morgan fingerprint density at radius 3 is 2.57 bits per heavy atom. The highest BCUT2D eigenvalue weighted by Gasteiger charge is 2.50. The first-order valence-electron chi connectivity index (χ1n) is 7.20. The lowest BCUT2D eigenvalue weighted by atomic mass is 9.88. The van der Waals surface area contributed by atoms with Crippen molar-refractivity contribution < 1.29 is 28.6 Å². The molecule has 0 bridgehead atoms. The first kappa shape index (κ1) is 15.9. The zero-order chi connectivity index (χ0) is 15.8. The quantitative estimate of drug-likeness (QED) is 0.571. The average molecular weight is 298 g/mol. The molecule has 0 unspecified atom stereocenters. The molecule has 1 saturated carbocycles. The maximum atomic E-state index is 12.4. The molecular formula is C15H22O6. The van der Waals surface area contributed by atoms with Crippen molar-refractivity contribution in [1.29, 1.82) is 0 Å². The van der Waals surface area contributed by atoms with Gasteiger partial charge in [-0.3, -0.25) is 9.59 Å². The summed E-state index contributed by atoms with van der Waals surface area (Å²) in [5.41, 5.74) is -0.573. The smallest absolute Gasteiger partial charge is 0.348 e. The highest BCUT2D eigenvalue weighted by molar-refractivity contribution is 6.01. The maximum Gasteiger partial charge on any atom is 0.348 e. The molecule has 0 aromatic heterocycles.